The first-order valence-corrected chi connectivity index (χ1v) is 11.5. The molecule has 2 fully saturated rings. The van der Waals surface area contributed by atoms with E-state index in [9.17, 15) is 0 Å². The van der Waals surface area contributed by atoms with Gasteiger partial charge in [0.15, 0.2) is 0 Å². The molecule has 8 heteroatoms. The quantitative estimate of drug-likeness (QED) is 0.651. The molecule has 0 spiro atoms. The second-order valence-electron chi connectivity index (χ2n) is 8.65. The Morgan fingerprint density at radius 2 is 1.78 bits per heavy atom. The fraction of sp³-hybridized carbons (Fsp3) is 0.500. The van der Waals surface area contributed by atoms with Crippen molar-refractivity contribution in [2.75, 3.05) is 36.5 Å². The molecule has 0 radical (unpaired) electrons. The summed E-state index contributed by atoms with van der Waals surface area (Å²) in [7, 11) is 0. The molecular formula is C24H30N6O2. The van der Waals surface area contributed by atoms with E-state index in [2.05, 4.69) is 42.3 Å². The smallest absolute Gasteiger partial charge is 0.149 e. The van der Waals surface area contributed by atoms with Gasteiger partial charge in [0.1, 0.15) is 22.9 Å². The highest BCUT2D eigenvalue weighted by molar-refractivity contribution is 5.85. The second-order valence-corrected chi connectivity index (χ2v) is 8.65. The summed E-state index contributed by atoms with van der Waals surface area (Å²) < 4.78 is 12.0. The number of morpholine rings is 1. The molecule has 1 saturated heterocycles. The third-order valence-electron chi connectivity index (χ3n) is 6.30. The van der Waals surface area contributed by atoms with E-state index in [0.717, 1.165) is 91.7 Å². The van der Waals surface area contributed by atoms with Crippen LogP contribution in [0.1, 0.15) is 37.1 Å². The van der Waals surface area contributed by atoms with Crippen LogP contribution < -0.4 is 15.0 Å². The molecule has 3 heterocycles. The molecule has 32 heavy (non-hydrogen) atoms. The van der Waals surface area contributed by atoms with Crippen LogP contribution in [0.4, 0.5) is 11.5 Å². The Kier molecular flexibility index (Phi) is 6.03. The summed E-state index contributed by atoms with van der Waals surface area (Å²) in [6.07, 6.45) is 9.59. The van der Waals surface area contributed by atoms with Crippen LogP contribution >= 0.6 is 0 Å². The standard InChI is InChI=1S/C24H30N6O2/c1-16-15-27-17(2)28-24(16)29-18-3-5-20(6-4-18)32-22-14-19(30-9-11-31-12-10-30)13-21-23(22)26-8-7-25-21/h7-8,13-15,18,20H,3-6,9-12H2,1-2H3,(H,27,28,29)/t18-,20+. The molecule has 1 N–H and O–H groups in total. The fourth-order valence-corrected chi connectivity index (χ4v) is 4.50. The molecule has 5 rings (SSSR count). The summed E-state index contributed by atoms with van der Waals surface area (Å²) in [4.78, 5) is 20.3. The fourth-order valence-electron chi connectivity index (χ4n) is 4.50. The summed E-state index contributed by atoms with van der Waals surface area (Å²) in [5.41, 5.74) is 3.91. The summed E-state index contributed by atoms with van der Waals surface area (Å²) in [6.45, 7) is 7.22. The van der Waals surface area contributed by atoms with Crippen LogP contribution in [0.25, 0.3) is 11.0 Å². The lowest BCUT2D eigenvalue weighted by Gasteiger charge is -2.31. The Hall–Kier alpha value is -3.00. The van der Waals surface area contributed by atoms with Gasteiger partial charge in [-0.1, -0.05) is 0 Å². The van der Waals surface area contributed by atoms with Gasteiger partial charge in [-0.05, 0) is 45.6 Å². The van der Waals surface area contributed by atoms with Gasteiger partial charge in [0.25, 0.3) is 0 Å². The van der Waals surface area contributed by atoms with Crippen molar-refractivity contribution in [1.29, 1.82) is 0 Å². The number of aryl methyl sites for hydroxylation is 2. The minimum atomic E-state index is 0.173. The van der Waals surface area contributed by atoms with Crippen molar-refractivity contribution in [1.82, 2.24) is 19.9 Å². The van der Waals surface area contributed by atoms with Crippen molar-refractivity contribution >= 4 is 22.5 Å². The van der Waals surface area contributed by atoms with E-state index in [1.54, 1.807) is 12.4 Å². The minimum Gasteiger partial charge on any atom is -0.488 e. The topological polar surface area (TPSA) is 85.3 Å². The van der Waals surface area contributed by atoms with Gasteiger partial charge in [0.05, 0.1) is 24.8 Å². The van der Waals surface area contributed by atoms with Crippen molar-refractivity contribution in [2.24, 2.45) is 0 Å². The molecule has 0 amide bonds. The second kappa shape index (κ2) is 9.24. The molecule has 1 saturated carbocycles. The first-order chi connectivity index (χ1) is 15.7. The molecule has 0 atom stereocenters. The monoisotopic (exact) mass is 434 g/mol. The molecule has 3 aromatic rings. The number of nitrogens with zero attached hydrogens (tertiary/aromatic N) is 5. The van der Waals surface area contributed by atoms with Crippen molar-refractivity contribution in [3.05, 3.63) is 42.1 Å². The van der Waals surface area contributed by atoms with Gasteiger partial charge >= 0.3 is 0 Å². The maximum absolute atomic E-state index is 6.53. The van der Waals surface area contributed by atoms with Crippen LogP contribution in [-0.2, 0) is 4.74 Å². The van der Waals surface area contributed by atoms with Crippen molar-refractivity contribution < 1.29 is 9.47 Å². The van der Waals surface area contributed by atoms with Crippen molar-refractivity contribution in [2.45, 2.75) is 51.7 Å². The maximum atomic E-state index is 6.53. The predicted octanol–water partition coefficient (Wildman–Crippen LogP) is 3.68. The number of ether oxygens (including phenoxy) is 2. The molecule has 168 valence electrons. The van der Waals surface area contributed by atoms with Gasteiger partial charge in [-0.3, -0.25) is 4.98 Å². The van der Waals surface area contributed by atoms with E-state index in [4.69, 9.17) is 9.47 Å². The number of benzene rings is 1. The van der Waals surface area contributed by atoms with Gasteiger partial charge in [-0.15, -0.1) is 0 Å². The van der Waals surface area contributed by atoms with Crippen molar-refractivity contribution in [3.63, 3.8) is 0 Å². The molecule has 1 aliphatic heterocycles. The average Bonchev–Trinajstić information content (AvgIpc) is 2.83. The molecule has 0 unspecified atom stereocenters. The van der Waals surface area contributed by atoms with Crippen LogP contribution in [0.2, 0.25) is 0 Å². The van der Waals surface area contributed by atoms with E-state index in [1.807, 2.05) is 20.0 Å². The number of rotatable bonds is 5. The van der Waals surface area contributed by atoms with E-state index < -0.39 is 0 Å². The number of nitrogens with one attached hydrogen (secondary N) is 1. The first-order valence-electron chi connectivity index (χ1n) is 11.5. The lowest BCUT2D eigenvalue weighted by molar-refractivity contribution is 0.122. The van der Waals surface area contributed by atoms with Crippen LogP contribution in [0.15, 0.2) is 30.7 Å². The molecular weight excluding hydrogens is 404 g/mol. The maximum Gasteiger partial charge on any atom is 0.149 e. The molecule has 1 aromatic carbocycles. The van der Waals surface area contributed by atoms with Crippen LogP contribution in [-0.4, -0.2) is 58.4 Å². The summed E-state index contributed by atoms with van der Waals surface area (Å²) >= 11 is 0. The highest BCUT2D eigenvalue weighted by Gasteiger charge is 2.25. The lowest BCUT2D eigenvalue weighted by atomic mass is 9.92. The normalized spacial score (nSPS) is 21.5. The van der Waals surface area contributed by atoms with Gasteiger partial charge in [-0.25, -0.2) is 15.0 Å². The largest absolute Gasteiger partial charge is 0.488 e. The number of anilines is 2. The number of hydrogen-bond donors (Lipinski definition) is 1. The highest BCUT2D eigenvalue weighted by Crippen LogP contribution is 2.33. The summed E-state index contributed by atoms with van der Waals surface area (Å²) in [5.74, 6) is 2.57. The molecule has 2 aromatic heterocycles. The molecule has 2 aliphatic rings. The zero-order valence-corrected chi connectivity index (χ0v) is 18.8. The first kappa shape index (κ1) is 20.9. The van der Waals surface area contributed by atoms with Crippen molar-refractivity contribution in [3.8, 4) is 5.75 Å². The Morgan fingerprint density at radius 3 is 2.59 bits per heavy atom. The summed E-state index contributed by atoms with van der Waals surface area (Å²) in [6, 6.07) is 4.63. The van der Waals surface area contributed by atoms with Gasteiger partial charge in [0.2, 0.25) is 0 Å². The third kappa shape index (κ3) is 4.60. The number of fused-ring (bicyclic) bond motifs is 1. The van der Waals surface area contributed by atoms with E-state index >= 15 is 0 Å². The Balaban J connectivity index is 1.28. The highest BCUT2D eigenvalue weighted by atomic mass is 16.5. The Bertz CT molecular complexity index is 1080. The number of hydrogen-bond acceptors (Lipinski definition) is 8. The number of aromatic nitrogens is 4. The van der Waals surface area contributed by atoms with Crippen LogP contribution in [0.3, 0.4) is 0 Å². The van der Waals surface area contributed by atoms with E-state index in [1.165, 1.54) is 0 Å². The zero-order valence-electron chi connectivity index (χ0n) is 18.8. The molecule has 0 bridgehead atoms. The van der Waals surface area contributed by atoms with Crippen LogP contribution in [0, 0.1) is 13.8 Å². The SMILES string of the molecule is Cc1ncc(C)c(N[C@H]2CC[C@@H](Oc3cc(N4CCOCC4)cc4nccnc34)CC2)n1. The van der Waals surface area contributed by atoms with Crippen LogP contribution in [0.5, 0.6) is 5.75 Å². The zero-order chi connectivity index (χ0) is 21.9. The lowest BCUT2D eigenvalue weighted by Crippen LogP contribution is -2.36. The van der Waals surface area contributed by atoms with E-state index in [0.29, 0.717) is 6.04 Å². The van der Waals surface area contributed by atoms with Gasteiger partial charge in [0, 0.05) is 55.0 Å². The third-order valence-corrected chi connectivity index (χ3v) is 6.30. The predicted molar refractivity (Wildman–Crippen MR) is 124 cm³/mol. The Morgan fingerprint density at radius 1 is 1.00 bits per heavy atom. The van der Waals surface area contributed by atoms with E-state index in [-0.39, 0.29) is 6.10 Å². The molecule has 8 nitrogen and oxygen atoms in total. The van der Waals surface area contributed by atoms with Gasteiger partial charge in [-0.2, -0.15) is 0 Å². The minimum absolute atomic E-state index is 0.173. The van der Waals surface area contributed by atoms with Gasteiger partial charge < -0.3 is 19.7 Å². The Labute approximate surface area is 188 Å². The molecule has 1 aliphatic carbocycles. The average molecular weight is 435 g/mol. The summed E-state index contributed by atoms with van der Waals surface area (Å²) in [5, 5.41) is 3.61.